The van der Waals surface area contributed by atoms with Crippen LogP contribution < -0.4 is 15.5 Å². The van der Waals surface area contributed by atoms with E-state index in [4.69, 9.17) is 4.74 Å². The number of aromatic nitrogens is 5. The third kappa shape index (κ3) is 4.01. The normalized spacial score (nSPS) is 14.0. The molecule has 0 bridgehead atoms. The number of H-pyrrole nitrogens is 1. The van der Waals surface area contributed by atoms with Gasteiger partial charge >= 0.3 is 0 Å². The monoisotopic (exact) mass is 438 g/mol. The molecular formula is C24H22N8O. The molecule has 1 fully saturated rings. The highest BCUT2D eigenvalue weighted by Crippen LogP contribution is 2.26. The zero-order valence-corrected chi connectivity index (χ0v) is 17.8. The lowest BCUT2D eigenvalue weighted by Gasteiger charge is -2.28. The molecule has 3 N–H and O–H groups in total. The molecule has 1 aliphatic heterocycles. The molecular weight excluding hydrogens is 416 g/mol. The van der Waals surface area contributed by atoms with Gasteiger partial charge in [-0.25, -0.2) is 9.97 Å². The minimum absolute atomic E-state index is 0.586. The summed E-state index contributed by atoms with van der Waals surface area (Å²) in [4.78, 5) is 23.3. The number of morpholine rings is 1. The molecule has 0 amide bonds. The smallest absolute Gasteiger partial charge is 0.207 e. The summed E-state index contributed by atoms with van der Waals surface area (Å²) in [7, 11) is 0. The van der Waals surface area contributed by atoms with Crippen molar-refractivity contribution in [3.8, 4) is 0 Å². The molecule has 4 heterocycles. The highest BCUT2D eigenvalue weighted by molar-refractivity contribution is 5.88. The summed E-state index contributed by atoms with van der Waals surface area (Å²) in [6.07, 6.45) is 3.30. The summed E-state index contributed by atoms with van der Waals surface area (Å²) < 4.78 is 5.44. The predicted molar refractivity (Wildman–Crippen MR) is 129 cm³/mol. The molecule has 1 aliphatic rings. The van der Waals surface area contributed by atoms with E-state index in [0.717, 1.165) is 54.1 Å². The van der Waals surface area contributed by atoms with Crippen molar-refractivity contribution in [2.45, 2.75) is 0 Å². The zero-order chi connectivity index (χ0) is 22.0. The fourth-order valence-corrected chi connectivity index (χ4v) is 3.99. The fourth-order valence-electron chi connectivity index (χ4n) is 3.99. The maximum atomic E-state index is 5.44. The lowest BCUT2D eigenvalue weighted by Crippen LogP contribution is -2.36. The molecule has 0 saturated carbocycles. The molecule has 1 saturated heterocycles. The number of pyridine rings is 1. The van der Waals surface area contributed by atoms with Crippen LogP contribution in [0.2, 0.25) is 0 Å². The first-order valence-electron chi connectivity index (χ1n) is 10.8. The van der Waals surface area contributed by atoms with Crippen LogP contribution in [-0.2, 0) is 4.74 Å². The number of benzene rings is 2. The molecule has 0 atom stereocenters. The number of nitrogens with zero attached hydrogens (tertiary/aromatic N) is 5. The summed E-state index contributed by atoms with van der Waals surface area (Å²) in [5, 5.41) is 7.75. The van der Waals surface area contributed by atoms with Crippen molar-refractivity contribution in [1.82, 2.24) is 24.9 Å². The van der Waals surface area contributed by atoms with Crippen LogP contribution in [0.15, 0.2) is 67.1 Å². The Morgan fingerprint density at radius 1 is 0.879 bits per heavy atom. The SMILES string of the molecule is c1cnc2ccc(Nc3nc4ncnc(Nc5ccc(N6CCOCC6)cc5)c4[nH]3)cc2c1. The van der Waals surface area contributed by atoms with Gasteiger partial charge in [0.05, 0.1) is 18.7 Å². The standard InChI is InChI=1S/C24H22N8O/c1-2-16-14-18(5-8-20(16)25-9-1)29-24-30-21-22(26-15-27-23(21)31-24)28-17-3-6-19(7-4-17)32-10-12-33-13-11-32/h1-9,14-15H,10-13H2,(H3,26,27,28,29,30,31). The lowest BCUT2D eigenvalue weighted by atomic mass is 10.2. The molecule has 2 aromatic carbocycles. The third-order valence-electron chi connectivity index (χ3n) is 5.66. The quantitative estimate of drug-likeness (QED) is 0.375. The van der Waals surface area contributed by atoms with Crippen molar-refractivity contribution in [2.24, 2.45) is 0 Å². The van der Waals surface area contributed by atoms with Crippen molar-refractivity contribution in [3.63, 3.8) is 0 Å². The minimum Gasteiger partial charge on any atom is -0.378 e. The Kier molecular flexibility index (Phi) is 4.93. The van der Waals surface area contributed by atoms with Crippen LogP contribution in [0, 0.1) is 0 Å². The topological polar surface area (TPSA) is 104 Å². The number of fused-ring (bicyclic) bond motifs is 2. The second-order valence-electron chi connectivity index (χ2n) is 7.81. The Bertz CT molecular complexity index is 1410. The Morgan fingerprint density at radius 2 is 1.73 bits per heavy atom. The number of hydrogen-bond donors (Lipinski definition) is 3. The number of ether oxygens (including phenoxy) is 1. The number of aromatic amines is 1. The van der Waals surface area contributed by atoms with Gasteiger partial charge in [0.25, 0.3) is 0 Å². The molecule has 0 aliphatic carbocycles. The van der Waals surface area contributed by atoms with Crippen LogP contribution in [0.4, 0.5) is 28.8 Å². The van der Waals surface area contributed by atoms with Gasteiger partial charge in [-0.1, -0.05) is 6.07 Å². The summed E-state index contributed by atoms with van der Waals surface area (Å²) in [6, 6.07) is 18.3. The summed E-state index contributed by atoms with van der Waals surface area (Å²) in [5.74, 6) is 1.27. The van der Waals surface area contributed by atoms with E-state index in [-0.39, 0.29) is 0 Å². The van der Waals surface area contributed by atoms with Gasteiger partial charge in [0.2, 0.25) is 5.95 Å². The van der Waals surface area contributed by atoms with E-state index in [1.807, 2.05) is 30.3 Å². The predicted octanol–water partition coefficient (Wildman–Crippen LogP) is 4.22. The van der Waals surface area contributed by atoms with Crippen LogP contribution in [0.5, 0.6) is 0 Å². The van der Waals surface area contributed by atoms with E-state index >= 15 is 0 Å². The highest BCUT2D eigenvalue weighted by Gasteiger charge is 2.13. The number of hydrogen-bond acceptors (Lipinski definition) is 8. The summed E-state index contributed by atoms with van der Waals surface area (Å²) in [5.41, 5.74) is 5.32. The van der Waals surface area contributed by atoms with Gasteiger partial charge in [0, 0.05) is 41.7 Å². The maximum Gasteiger partial charge on any atom is 0.207 e. The highest BCUT2D eigenvalue weighted by atomic mass is 16.5. The van der Waals surface area contributed by atoms with Crippen molar-refractivity contribution < 1.29 is 4.74 Å². The van der Waals surface area contributed by atoms with Crippen LogP contribution in [0.25, 0.3) is 22.1 Å². The molecule has 9 heteroatoms. The Hall–Kier alpha value is -4.24. The largest absolute Gasteiger partial charge is 0.378 e. The minimum atomic E-state index is 0.586. The van der Waals surface area contributed by atoms with Crippen LogP contribution in [-0.4, -0.2) is 51.2 Å². The van der Waals surface area contributed by atoms with Gasteiger partial charge in [-0.15, -0.1) is 0 Å². The van der Waals surface area contributed by atoms with E-state index < -0.39 is 0 Å². The van der Waals surface area contributed by atoms with Crippen LogP contribution in [0.3, 0.4) is 0 Å². The molecule has 0 spiro atoms. The maximum absolute atomic E-state index is 5.44. The first kappa shape index (κ1) is 19.4. The Balaban J connectivity index is 1.23. The lowest BCUT2D eigenvalue weighted by molar-refractivity contribution is 0.122. The Morgan fingerprint density at radius 3 is 2.61 bits per heavy atom. The van der Waals surface area contributed by atoms with E-state index in [1.165, 1.54) is 12.0 Å². The van der Waals surface area contributed by atoms with Gasteiger partial charge in [-0.05, 0) is 48.5 Å². The van der Waals surface area contributed by atoms with E-state index in [2.05, 4.69) is 64.7 Å². The van der Waals surface area contributed by atoms with Gasteiger partial charge in [0.1, 0.15) is 11.8 Å². The molecule has 9 nitrogen and oxygen atoms in total. The number of nitrogens with one attached hydrogen (secondary N) is 3. The van der Waals surface area contributed by atoms with Gasteiger partial charge in [-0.3, -0.25) is 4.98 Å². The van der Waals surface area contributed by atoms with Crippen molar-refractivity contribution in [1.29, 1.82) is 0 Å². The number of anilines is 5. The average molecular weight is 438 g/mol. The van der Waals surface area contributed by atoms with E-state index in [1.54, 1.807) is 6.20 Å². The van der Waals surface area contributed by atoms with E-state index in [9.17, 15) is 0 Å². The van der Waals surface area contributed by atoms with Crippen molar-refractivity contribution >= 4 is 50.9 Å². The van der Waals surface area contributed by atoms with Crippen molar-refractivity contribution in [2.75, 3.05) is 41.8 Å². The van der Waals surface area contributed by atoms with Crippen molar-refractivity contribution in [3.05, 3.63) is 67.1 Å². The number of imidazole rings is 1. The second kappa shape index (κ2) is 8.36. The van der Waals surface area contributed by atoms with Gasteiger partial charge in [0.15, 0.2) is 11.5 Å². The van der Waals surface area contributed by atoms with Crippen LogP contribution in [0.1, 0.15) is 0 Å². The molecule has 3 aromatic heterocycles. The van der Waals surface area contributed by atoms with Gasteiger partial charge in [-0.2, -0.15) is 4.98 Å². The molecule has 0 radical (unpaired) electrons. The molecule has 5 aromatic rings. The molecule has 33 heavy (non-hydrogen) atoms. The Labute approximate surface area is 189 Å². The molecule has 164 valence electrons. The first-order valence-corrected chi connectivity index (χ1v) is 10.8. The summed E-state index contributed by atoms with van der Waals surface area (Å²) in [6.45, 7) is 3.37. The third-order valence-corrected chi connectivity index (χ3v) is 5.66. The first-order chi connectivity index (χ1) is 16.3. The molecule has 0 unspecified atom stereocenters. The van der Waals surface area contributed by atoms with E-state index in [0.29, 0.717) is 17.4 Å². The molecule has 6 rings (SSSR count). The van der Waals surface area contributed by atoms with Gasteiger partial charge < -0.3 is 25.3 Å². The second-order valence-corrected chi connectivity index (χ2v) is 7.81. The zero-order valence-electron chi connectivity index (χ0n) is 17.8. The number of rotatable bonds is 5. The summed E-state index contributed by atoms with van der Waals surface area (Å²) >= 11 is 0. The fraction of sp³-hybridized carbons (Fsp3) is 0.167. The average Bonchev–Trinajstić information content (AvgIpc) is 3.28. The van der Waals surface area contributed by atoms with Crippen LogP contribution >= 0.6 is 0 Å².